The van der Waals surface area contributed by atoms with Crippen LogP contribution in [-0.2, 0) is 6.54 Å². The van der Waals surface area contributed by atoms with Crippen molar-refractivity contribution in [3.8, 4) is 0 Å². The zero-order valence-corrected chi connectivity index (χ0v) is 12.2. The second-order valence-corrected chi connectivity index (χ2v) is 5.20. The lowest BCUT2D eigenvalue weighted by molar-refractivity contribution is 0.736. The average Bonchev–Trinajstić information content (AvgIpc) is 2.32. The lowest BCUT2D eigenvalue weighted by Crippen LogP contribution is -2.21. The van der Waals surface area contributed by atoms with Crippen LogP contribution in [0.15, 0.2) is 20.5 Å². The Morgan fingerprint density at radius 3 is 2.76 bits per heavy atom. The van der Waals surface area contributed by atoms with Gasteiger partial charge in [0.1, 0.15) is 5.65 Å². The molecule has 0 saturated carbocycles. The fourth-order valence-corrected chi connectivity index (χ4v) is 2.56. The van der Waals surface area contributed by atoms with Gasteiger partial charge >= 0.3 is 0 Å². The van der Waals surface area contributed by atoms with Crippen LogP contribution in [0.2, 0.25) is 0 Å². The highest BCUT2D eigenvalue weighted by atomic mass is 79.9. The summed E-state index contributed by atoms with van der Waals surface area (Å²) in [4.78, 5) is 20.8. The molecular formula is C11H12BrN3OS. The Kier molecular flexibility index (Phi) is 3.53. The maximum Gasteiger partial charge on any atom is 0.266 e. The van der Waals surface area contributed by atoms with E-state index in [4.69, 9.17) is 0 Å². The van der Waals surface area contributed by atoms with Crippen molar-refractivity contribution in [3.05, 3.63) is 26.6 Å². The molecule has 2 rings (SSSR count). The highest BCUT2D eigenvalue weighted by Gasteiger charge is 2.11. The molecule has 0 aliphatic heterocycles. The first-order chi connectivity index (χ1) is 8.08. The molecule has 0 aliphatic rings. The van der Waals surface area contributed by atoms with Gasteiger partial charge in [0, 0.05) is 11.9 Å². The molecule has 0 amide bonds. The van der Waals surface area contributed by atoms with E-state index in [2.05, 4.69) is 25.9 Å². The van der Waals surface area contributed by atoms with Crippen LogP contribution in [-0.4, -0.2) is 20.8 Å². The molecule has 0 aromatic carbocycles. The molecule has 2 heterocycles. The largest absolute Gasteiger partial charge is 0.292 e. The quantitative estimate of drug-likeness (QED) is 0.631. The third-order valence-corrected chi connectivity index (χ3v) is 3.69. The van der Waals surface area contributed by atoms with E-state index in [0.29, 0.717) is 21.8 Å². The van der Waals surface area contributed by atoms with E-state index in [0.717, 1.165) is 11.1 Å². The van der Waals surface area contributed by atoms with Gasteiger partial charge in [-0.2, -0.15) is 0 Å². The Labute approximate surface area is 112 Å². The zero-order valence-electron chi connectivity index (χ0n) is 9.82. The second-order valence-electron chi connectivity index (χ2n) is 3.57. The fraction of sp³-hybridized carbons (Fsp3) is 0.364. The molecule has 4 nitrogen and oxygen atoms in total. The first kappa shape index (κ1) is 12.6. The van der Waals surface area contributed by atoms with Gasteiger partial charge in [0.2, 0.25) is 0 Å². The number of pyridine rings is 1. The molecule has 0 unspecified atom stereocenters. The average molecular weight is 314 g/mol. The molecule has 0 saturated heterocycles. The zero-order chi connectivity index (χ0) is 12.6. The van der Waals surface area contributed by atoms with Crippen LogP contribution >= 0.6 is 27.7 Å². The van der Waals surface area contributed by atoms with Crippen LogP contribution in [0.3, 0.4) is 0 Å². The van der Waals surface area contributed by atoms with E-state index < -0.39 is 0 Å². The Morgan fingerprint density at radius 2 is 2.18 bits per heavy atom. The van der Waals surface area contributed by atoms with E-state index in [1.807, 2.05) is 20.1 Å². The van der Waals surface area contributed by atoms with Crippen molar-refractivity contribution in [1.82, 2.24) is 14.5 Å². The molecule has 0 aliphatic carbocycles. The second kappa shape index (κ2) is 4.78. The predicted octanol–water partition coefficient (Wildman–Crippen LogP) is 2.60. The van der Waals surface area contributed by atoms with Crippen LogP contribution in [0.5, 0.6) is 0 Å². The SMILES string of the molecule is CCn1c(=O)c(Br)cc2c(C)nc(SC)nc21. The number of thioether (sulfide) groups is 1. The van der Waals surface area contributed by atoms with Crippen molar-refractivity contribution >= 4 is 38.7 Å². The Hall–Kier alpha value is -0.880. The number of hydrogen-bond donors (Lipinski definition) is 0. The van der Waals surface area contributed by atoms with Gasteiger partial charge in [-0.15, -0.1) is 0 Å². The van der Waals surface area contributed by atoms with Crippen molar-refractivity contribution in [2.45, 2.75) is 25.5 Å². The van der Waals surface area contributed by atoms with Gasteiger partial charge in [0.15, 0.2) is 5.16 Å². The smallest absolute Gasteiger partial charge is 0.266 e. The highest BCUT2D eigenvalue weighted by molar-refractivity contribution is 9.10. The van der Waals surface area contributed by atoms with Gasteiger partial charge < -0.3 is 0 Å². The molecular weight excluding hydrogens is 302 g/mol. The van der Waals surface area contributed by atoms with Gasteiger partial charge in [-0.3, -0.25) is 9.36 Å². The van der Waals surface area contributed by atoms with E-state index in [-0.39, 0.29) is 5.56 Å². The van der Waals surface area contributed by atoms with Crippen LogP contribution in [0, 0.1) is 6.92 Å². The molecule has 2 aromatic rings. The molecule has 6 heteroatoms. The van der Waals surface area contributed by atoms with Gasteiger partial charge in [0.05, 0.1) is 10.2 Å². The van der Waals surface area contributed by atoms with E-state index in [1.165, 1.54) is 11.8 Å². The minimum atomic E-state index is -0.0508. The topological polar surface area (TPSA) is 47.8 Å². The predicted molar refractivity (Wildman–Crippen MR) is 73.7 cm³/mol. The summed E-state index contributed by atoms with van der Waals surface area (Å²) in [5, 5.41) is 1.61. The number of aromatic nitrogens is 3. The van der Waals surface area contributed by atoms with Crippen molar-refractivity contribution in [3.63, 3.8) is 0 Å². The first-order valence-corrected chi connectivity index (χ1v) is 7.22. The van der Waals surface area contributed by atoms with Crippen molar-refractivity contribution < 1.29 is 0 Å². The summed E-state index contributed by atoms with van der Waals surface area (Å²) in [6, 6.07) is 1.79. The van der Waals surface area contributed by atoms with Gasteiger partial charge in [0.25, 0.3) is 5.56 Å². The maximum absolute atomic E-state index is 12.0. The molecule has 0 fully saturated rings. The summed E-state index contributed by atoms with van der Waals surface area (Å²) < 4.78 is 2.21. The number of rotatable bonds is 2. The highest BCUT2D eigenvalue weighted by Crippen LogP contribution is 2.20. The summed E-state index contributed by atoms with van der Waals surface area (Å²) in [5.41, 5.74) is 1.55. The number of halogens is 1. The van der Waals surface area contributed by atoms with Crippen LogP contribution < -0.4 is 5.56 Å². The molecule has 17 heavy (non-hydrogen) atoms. The fourth-order valence-electron chi connectivity index (χ4n) is 1.71. The third kappa shape index (κ3) is 2.11. The summed E-state index contributed by atoms with van der Waals surface area (Å²) in [6.07, 6.45) is 1.92. The van der Waals surface area contributed by atoms with Crippen molar-refractivity contribution in [1.29, 1.82) is 0 Å². The third-order valence-electron chi connectivity index (χ3n) is 2.57. The lowest BCUT2D eigenvalue weighted by atomic mass is 10.2. The molecule has 90 valence electrons. The standard InChI is InChI=1S/C11H12BrN3OS/c1-4-15-9-7(5-8(12)10(15)16)6(2)13-11(14-9)17-3/h5H,4H2,1-3H3. The van der Waals surface area contributed by atoms with Crippen LogP contribution in [0.25, 0.3) is 11.0 Å². The van der Waals surface area contributed by atoms with E-state index >= 15 is 0 Å². The summed E-state index contributed by atoms with van der Waals surface area (Å²) in [6.45, 7) is 4.46. The van der Waals surface area contributed by atoms with Gasteiger partial charge in [-0.05, 0) is 42.1 Å². The maximum atomic E-state index is 12.0. The Balaban J connectivity index is 2.96. The number of hydrogen-bond acceptors (Lipinski definition) is 4. The summed E-state index contributed by atoms with van der Waals surface area (Å²) >= 11 is 4.76. The van der Waals surface area contributed by atoms with Gasteiger partial charge in [-0.25, -0.2) is 9.97 Å². The van der Waals surface area contributed by atoms with Crippen molar-refractivity contribution in [2.24, 2.45) is 0 Å². The Morgan fingerprint density at radius 1 is 1.47 bits per heavy atom. The number of fused-ring (bicyclic) bond motifs is 1. The molecule has 0 N–H and O–H groups in total. The molecule has 2 aromatic heterocycles. The van der Waals surface area contributed by atoms with E-state index in [9.17, 15) is 4.79 Å². The number of nitrogens with zero attached hydrogens (tertiary/aromatic N) is 3. The number of aryl methyl sites for hydroxylation is 2. The van der Waals surface area contributed by atoms with Crippen LogP contribution in [0.1, 0.15) is 12.6 Å². The van der Waals surface area contributed by atoms with Crippen LogP contribution in [0.4, 0.5) is 0 Å². The molecule has 0 spiro atoms. The minimum Gasteiger partial charge on any atom is -0.292 e. The minimum absolute atomic E-state index is 0.0508. The van der Waals surface area contributed by atoms with Gasteiger partial charge in [-0.1, -0.05) is 11.8 Å². The summed E-state index contributed by atoms with van der Waals surface area (Å²) in [5.74, 6) is 0. The molecule has 0 atom stereocenters. The first-order valence-electron chi connectivity index (χ1n) is 5.20. The lowest BCUT2D eigenvalue weighted by Gasteiger charge is -2.10. The molecule has 0 bridgehead atoms. The van der Waals surface area contributed by atoms with Crippen molar-refractivity contribution in [2.75, 3.05) is 6.26 Å². The molecule has 0 radical (unpaired) electrons. The normalized spacial score (nSPS) is 11.1. The monoisotopic (exact) mass is 313 g/mol. The Bertz CT molecular complexity index is 639. The van der Waals surface area contributed by atoms with E-state index in [1.54, 1.807) is 10.6 Å². The summed E-state index contributed by atoms with van der Waals surface area (Å²) in [7, 11) is 0.